The van der Waals surface area contributed by atoms with Crippen LogP contribution in [0.5, 0.6) is 11.5 Å². The molecule has 0 aromatic heterocycles. The van der Waals surface area contributed by atoms with Gasteiger partial charge in [0.1, 0.15) is 17.4 Å². The Bertz CT molecular complexity index is 956. The number of phenolic OH excluding ortho intramolecular Hbond substituents is 2. The van der Waals surface area contributed by atoms with Gasteiger partial charge in [0.25, 0.3) is 0 Å². The van der Waals surface area contributed by atoms with E-state index in [1.54, 1.807) is 0 Å². The molecule has 1 atom stereocenters. The minimum absolute atomic E-state index is 0.0524. The molecule has 0 amide bonds. The fourth-order valence-electron chi connectivity index (χ4n) is 2.85. The van der Waals surface area contributed by atoms with E-state index < -0.39 is 58.5 Å². The second-order valence-electron chi connectivity index (χ2n) is 5.40. The van der Waals surface area contributed by atoms with E-state index in [1.165, 1.54) is 6.07 Å². The van der Waals surface area contributed by atoms with Crippen LogP contribution in [0.1, 0.15) is 37.5 Å². The summed E-state index contributed by atoms with van der Waals surface area (Å²) >= 11 is 0. The molecular weight excluding hydrogens is 320 g/mol. The number of carboxylic acids is 2. The molecule has 4 N–H and O–H groups in total. The average molecular weight is 330 g/mol. The summed E-state index contributed by atoms with van der Waals surface area (Å²) in [7, 11) is 0. The number of aromatic carboxylic acids is 1. The van der Waals surface area contributed by atoms with Crippen molar-refractivity contribution in [2.24, 2.45) is 5.92 Å². The van der Waals surface area contributed by atoms with Crippen LogP contribution in [-0.4, -0.2) is 43.9 Å². The Labute approximate surface area is 133 Å². The Morgan fingerprint density at radius 3 is 2.17 bits per heavy atom. The number of carbonyl (C=O) groups is 4. The SMILES string of the molecule is O=C(O)c1ccc2c(O)c3c(c(O)c2c1)C(=O)CC(C(=O)O)C3=O. The van der Waals surface area contributed by atoms with Gasteiger partial charge in [0.05, 0.1) is 16.7 Å². The van der Waals surface area contributed by atoms with Gasteiger partial charge in [-0.2, -0.15) is 0 Å². The normalized spacial score (nSPS) is 16.9. The predicted octanol–water partition coefficient (Wildman–Crippen LogP) is 1.42. The van der Waals surface area contributed by atoms with E-state index in [9.17, 15) is 29.4 Å². The maximum atomic E-state index is 12.3. The zero-order valence-electron chi connectivity index (χ0n) is 11.9. The number of hydrogen-bond acceptors (Lipinski definition) is 6. The van der Waals surface area contributed by atoms with E-state index in [4.69, 9.17) is 10.2 Å². The summed E-state index contributed by atoms with van der Waals surface area (Å²) in [5, 5.41) is 38.5. The van der Waals surface area contributed by atoms with Gasteiger partial charge in [0.2, 0.25) is 0 Å². The molecular formula is C16H10O8. The molecule has 8 nitrogen and oxygen atoms in total. The van der Waals surface area contributed by atoms with Crippen molar-refractivity contribution in [2.45, 2.75) is 6.42 Å². The molecule has 2 aromatic rings. The third kappa shape index (κ3) is 2.00. The van der Waals surface area contributed by atoms with E-state index in [1.807, 2.05) is 0 Å². The zero-order valence-corrected chi connectivity index (χ0v) is 11.9. The van der Waals surface area contributed by atoms with Crippen LogP contribution in [0, 0.1) is 5.92 Å². The van der Waals surface area contributed by atoms with Gasteiger partial charge < -0.3 is 20.4 Å². The molecule has 0 heterocycles. The van der Waals surface area contributed by atoms with Gasteiger partial charge >= 0.3 is 11.9 Å². The number of fused-ring (bicyclic) bond motifs is 2. The van der Waals surface area contributed by atoms with E-state index in [0.717, 1.165) is 12.1 Å². The molecule has 1 aliphatic rings. The van der Waals surface area contributed by atoms with Crippen LogP contribution in [-0.2, 0) is 4.79 Å². The molecule has 0 aliphatic heterocycles. The predicted molar refractivity (Wildman–Crippen MR) is 78.6 cm³/mol. The first-order chi connectivity index (χ1) is 11.2. The molecule has 0 spiro atoms. The number of carboxylic acid groups (broad SMARTS) is 2. The summed E-state index contributed by atoms with van der Waals surface area (Å²) in [6, 6.07) is 3.39. The van der Waals surface area contributed by atoms with E-state index in [2.05, 4.69) is 0 Å². The Hall–Kier alpha value is -3.42. The summed E-state index contributed by atoms with van der Waals surface area (Å²) in [5.74, 6) is -7.50. The first kappa shape index (κ1) is 15.5. The first-order valence-electron chi connectivity index (χ1n) is 6.79. The molecule has 0 saturated heterocycles. The van der Waals surface area contributed by atoms with Gasteiger partial charge in [-0.15, -0.1) is 0 Å². The van der Waals surface area contributed by atoms with Crippen LogP contribution in [0.25, 0.3) is 10.8 Å². The molecule has 0 radical (unpaired) electrons. The molecule has 8 heteroatoms. The lowest BCUT2D eigenvalue weighted by molar-refractivity contribution is -0.140. The number of Topliss-reactive ketones (excluding diaryl/α,β-unsaturated/α-hetero) is 2. The minimum atomic E-state index is -1.63. The highest BCUT2D eigenvalue weighted by Gasteiger charge is 2.41. The lowest BCUT2D eigenvalue weighted by Gasteiger charge is -2.22. The van der Waals surface area contributed by atoms with E-state index in [-0.39, 0.29) is 16.3 Å². The number of aromatic hydroxyl groups is 2. The number of benzene rings is 2. The van der Waals surface area contributed by atoms with Crippen molar-refractivity contribution in [2.75, 3.05) is 0 Å². The highest BCUT2D eigenvalue weighted by Crippen LogP contribution is 2.44. The fraction of sp³-hybridized carbons (Fsp3) is 0.125. The van der Waals surface area contributed by atoms with Gasteiger partial charge in [-0.3, -0.25) is 14.4 Å². The van der Waals surface area contributed by atoms with Crippen LogP contribution in [0.3, 0.4) is 0 Å². The summed E-state index contributed by atoms with van der Waals surface area (Å²) < 4.78 is 0. The lowest BCUT2D eigenvalue weighted by Crippen LogP contribution is -2.32. The van der Waals surface area contributed by atoms with Gasteiger partial charge in [0.15, 0.2) is 11.6 Å². The monoisotopic (exact) mass is 330 g/mol. The first-order valence-corrected chi connectivity index (χ1v) is 6.79. The smallest absolute Gasteiger partial charge is 0.335 e. The van der Waals surface area contributed by atoms with Crippen LogP contribution in [0.4, 0.5) is 0 Å². The number of hydrogen-bond donors (Lipinski definition) is 4. The quantitative estimate of drug-likeness (QED) is 0.477. The Morgan fingerprint density at radius 1 is 0.958 bits per heavy atom. The van der Waals surface area contributed by atoms with Crippen LogP contribution in [0.15, 0.2) is 18.2 Å². The van der Waals surface area contributed by atoms with Crippen LogP contribution in [0.2, 0.25) is 0 Å². The summed E-state index contributed by atoms with van der Waals surface area (Å²) in [5.41, 5.74) is -1.22. The molecule has 0 bridgehead atoms. The molecule has 122 valence electrons. The van der Waals surface area contributed by atoms with Crippen molar-refractivity contribution in [3.63, 3.8) is 0 Å². The van der Waals surface area contributed by atoms with E-state index in [0.29, 0.717) is 0 Å². The Morgan fingerprint density at radius 2 is 1.58 bits per heavy atom. The van der Waals surface area contributed by atoms with Crippen molar-refractivity contribution in [1.29, 1.82) is 0 Å². The third-order valence-electron chi connectivity index (χ3n) is 4.03. The number of aliphatic carboxylic acids is 1. The van der Waals surface area contributed by atoms with Crippen LogP contribution >= 0.6 is 0 Å². The van der Waals surface area contributed by atoms with Crippen molar-refractivity contribution >= 4 is 34.3 Å². The zero-order chi connectivity index (χ0) is 17.8. The largest absolute Gasteiger partial charge is 0.507 e. The average Bonchev–Trinajstić information content (AvgIpc) is 2.53. The topological polar surface area (TPSA) is 149 Å². The molecule has 2 aromatic carbocycles. The standard InChI is InChI=1S/C16H10O8/c17-9-4-8(16(23)24)14(20)11-10(9)13(19)7-3-5(15(21)22)1-2-6(7)12(11)18/h1-3,8,18-19H,4H2,(H,21,22)(H,23,24). The lowest BCUT2D eigenvalue weighted by atomic mass is 9.79. The molecule has 0 saturated carbocycles. The highest BCUT2D eigenvalue weighted by molar-refractivity contribution is 6.25. The Balaban J connectivity index is 2.40. The summed E-state index contributed by atoms with van der Waals surface area (Å²) in [4.78, 5) is 46.6. The van der Waals surface area contributed by atoms with Crippen molar-refractivity contribution in [3.05, 3.63) is 34.9 Å². The second-order valence-corrected chi connectivity index (χ2v) is 5.40. The molecule has 3 rings (SSSR count). The number of phenols is 2. The van der Waals surface area contributed by atoms with Gasteiger partial charge in [-0.1, -0.05) is 0 Å². The highest BCUT2D eigenvalue weighted by atomic mass is 16.4. The summed E-state index contributed by atoms with van der Waals surface area (Å²) in [6.07, 6.45) is -0.641. The third-order valence-corrected chi connectivity index (χ3v) is 4.03. The van der Waals surface area contributed by atoms with Gasteiger partial charge in [0, 0.05) is 17.2 Å². The summed E-state index contributed by atoms with van der Waals surface area (Å²) in [6.45, 7) is 0. The fourth-order valence-corrected chi connectivity index (χ4v) is 2.85. The van der Waals surface area contributed by atoms with Crippen molar-refractivity contribution in [3.8, 4) is 11.5 Å². The second kappa shape index (κ2) is 5.05. The molecule has 0 fully saturated rings. The van der Waals surface area contributed by atoms with Crippen molar-refractivity contribution < 1.29 is 39.6 Å². The Kier molecular flexibility index (Phi) is 3.26. The molecule has 1 unspecified atom stereocenters. The van der Waals surface area contributed by atoms with Gasteiger partial charge in [-0.05, 0) is 18.2 Å². The number of rotatable bonds is 2. The minimum Gasteiger partial charge on any atom is -0.507 e. The maximum Gasteiger partial charge on any atom is 0.335 e. The maximum absolute atomic E-state index is 12.3. The van der Waals surface area contributed by atoms with Crippen LogP contribution < -0.4 is 0 Å². The van der Waals surface area contributed by atoms with Gasteiger partial charge in [-0.25, -0.2) is 4.79 Å². The van der Waals surface area contributed by atoms with Crippen molar-refractivity contribution in [1.82, 2.24) is 0 Å². The van der Waals surface area contributed by atoms with E-state index >= 15 is 0 Å². The number of carbonyl (C=O) groups excluding carboxylic acids is 2. The molecule has 24 heavy (non-hydrogen) atoms. The number of ketones is 2. The molecule has 1 aliphatic carbocycles.